The highest BCUT2D eigenvalue weighted by molar-refractivity contribution is 6.29. The molecule has 0 saturated heterocycles. The fourth-order valence-corrected chi connectivity index (χ4v) is 4.09. The third-order valence-corrected chi connectivity index (χ3v) is 5.85. The van der Waals surface area contributed by atoms with Gasteiger partial charge in [0, 0.05) is 11.1 Å². The van der Waals surface area contributed by atoms with Crippen LogP contribution in [0.4, 0.5) is 10.1 Å². The van der Waals surface area contributed by atoms with Crippen molar-refractivity contribution >= 4 is 34.2 Å². The molecule has 0 bridgehead atoms. The number of hydrogen-bond donors (Lipinski definition) is 2. The number of carbonyl (C=O) groups is 1. The molecule has 0 fully saturated rings. The Morgan fingerprint density at radius 2 is 1.97 bits per heavy atom. The van der Waals surface area contributed by atoms with Crippen molar-refractivity contribution in [2.24, 2.45) is 0 Å². The lowest BCUT2D eigenvalue weighted by atomic mass is 9.98. The van der Waals surface area contributed by atoms with E-state index in [1.54, 1.807) is 26.0 Å². The Balaban J connectivity index is 1.90. The van der Waals surface area contributed by atoms with Crippen molar-refractivity contribution in [2.75, 3.05) is 5.32 Å². The lowest BCUT2D eigenvalue weighted by Crippen LogP contribution is -2.14. The van der Waals surface area contributed by atoms with Gasteiger partial charge in [0.25, 0.3) is 0 Å². The van der Waals surface area contributed by atoms with Crippen molar-refractivity contribution in [1.82, 2.24) is 4.98 Å². The number of hydrogen-bond acceptors (Lipinski definition) is 6. The van der Waals surface area contributed by atoms with Gasteiger partial charge in [-0.2, -0.15) is 5.26 Å². The highest BCUT2D eigenvalue weighted by Crippen LogP contribution is 2.33. The summed E-state index contributed by atoms with van der Waals surface area (Å²) in [7, 11) is 0. The Hall–Kier alpha value is -4.22. The van der Waals surface area contributed by atoms with E-state index in [2.05, 4.69) is 10.3 Å². The summed E-state index contributed by atoms with van der Waals surface area (Å²) >= 11 is 5.85. The fourth-order valence-electron chi connectivity index (χ4n) is 3.94. The molecule has 0 spiro atoms. The molecule has 2 N–H and O–H groups in total. The van der Waals surface area contributed by atoms with E-state index in [1.807, 2.05) is 13.0 Å². The van der Waals surface area contributed by atoms with Gasteiger partial charge in [0.05, 0.1) is 34.3 Å². The van der Waals surface area contributed by atoms with Crippen LogP contribution in [0.25, 0.3) is 22.3 Å². The minimum Gasteiger partial charge on any atom is -0.476 e. The lowest BCUT2D eigenvalue weighted by molar-refractivity contribution is 0.0691. The third-order valence-electron chi connectivity index (χ3n) is 5.64. The summed E-state index contributed by atoms with van der Waals surface area (Å²) in [5.74, 6) is -1.88. The second kappa shape index (κ2) is 9.20. The number of fused-ring (bicyclic) bond motifs is 1. The minimum atomic E-state index is -1.25. The predicted molar refractivity (Wildman–Crippen MR) is 130 cm³/mol. The van der Waals surface area contributed by atoms with Crippen LogP contribution in [-0.4, -0.2) is 16.1 Å². The Kier molecular flexibility index (Phi) is 6.29. The van der Waals surface area contributed by atoms with Crippen molar-refractivity contribution in [2.45, 2.75) is 26.8 Å². The monoisotopic (exact) mass is 491 g/mol. The zero-order chi connectivity index (χ0) is 25.4. The number of benzene rings is 2. The molecular weight excluding hydrogens is 473 g/mol. The molecule has 0 unspecified atom stereocenters. The van der Waals surface area contributed by atoms with Crippen LogP contribution in [0.3, 0.4) is 0 Å². The van der Waals surface area contributed by atoms with E-state index >= 15 is 0 Å². The van der Waals surface area contributed by atoms with Crippen LogP contribution in [0.2, 0.25) is 5.15 Å². The third kappa shape index (κ3) is 4.46. The normalized spacial score (nSPS) is 11.8. The number of rotatable bonds is 5. The van der Waals surface area contributed by atoms with E-state index in [4.69, 9.17) is 21.3 Å². The number of carboxylic acids is 1. The second-order valence-corrected chi connectivity index (χ2v) is 8.51. The van der Waals surface area contributed by atoms with Crippen LogP contribution in [0.1, 0.15) is 45.7 Å². The molecular formula is C26H19ClFN3O4. The highest BCUT2D eigenvalue weighted by Gasteiger charge is 2.22. The zero-order valence-corrected chi connectivity index (χ0v) is 19.7. The van der Waals surface area contributed by atoms with Crippen LogP contribution in [-0.2, 0) is 0 Å². The maximum absolute atomic E-state index is 14.8. The van der Waals surface area contributed by atoms with Gasteiger partial charge in [-0.3, -0.25) is 4.79 Å². The molecule has 2 heterocycles. The maximum Gasteiger partial charge on any atom is 0.356 e. The minimum absolute atomic E-state index is 0.0390. The smallest absolute Gasteiger partial charge is 0.356 e. The average Bonchev–Trinajstić information content (AvgIpc) is 2.82. The second-order valence-electron chi connectivity index (χ2n) is 8.12. The van der Waals surface area contributed by atoms with Gasteiger partial charge in [-0.05, 0) is 62.7 Å². The molecule has 7 nitrogen and oxygen atoms in total. The van der Waals surface area contributed by atoms with Crippen molar-refractivity contribution in [3.8, 4) is 17.4 Å². The largest absolute Gasteiger partial charge is 0.476 e. The summed E-state index contributed by atoms with van der Waals surface area (Å²) in [5.41, 5.74) is 1.70. The Morgan fingerprint density at radius 3 is 2.63 bits per heavy atom. The predicted octanol–water partition coefficient (Wildman–Crippen LogP) is 6.01. The molecule has 9 heteroatoms. The number of pyridine rings is 1. The average molecular weight is 492 g/mol. The van der Waals surface area contributed by atoms with Crippen molar-refractivity contribution in [1.29, 1.82) is 5.26 Å². The molecule has 4 rings (SSSR count). The van der Waals surface area contributed by atoms with Gasteiger partial charge in [-0.15, -0.1) is 0 Å². The molecule has 35 heavy (non-hydrogen) atoms. The first-order valence-corrected chi connectivity index (χ1v) is 10.9. The molecule has 2 aromatic heterocycles. The summed E-state index contributed by atoms with van der Waals surface area (Å²) in [6.45, 7) is 5.15. The van der Waals surface area contributed by atoms with Crippen molar-refractivity contribution < 1.29 is 18.7 Å². The van der Waals surface area contributed by atoms with Crippen LogP contribution >= 0.6 is 11.6 Å². The number of nitrogens with one attached hydrogen (secondary N) is 1. The van der Waals surface area contributed by atoms with Gasteiger partial charge >= 0.3 is 5.97 Å². The van der Waals surface area contributed by atoms with E-state index in [0.29, 0.717) is 10.9 Å². The van der Waals surface area contributed by atoms with Crippen molar-refractivity contribution in [3.05, 3.63) is 91.6 Å². The number of anilines is 1. The number of nitrogens with zero attached hydrogens (tertiary/aromatic N) is 2. The van der Waals surface area contributed by atoms with Crippen LogP contribution < -0.4 is 10.7 Å². The fraction of sp³-hybridized carbons (Fsp3) is 0.154. The molecule has 0 amide bonds. The lowest BCUT2D eigenvalue weighted by Gasteiger charge is -2.19. The Morgan fingerprint density at radius 1 is 1.23 bits per heavy atom. The Bertz CT molecular complexity index is 1610. The van der Waals surface area contributed by atoms with Gasteiger partial charge in [0.15, 0.2) is 11.1 Å². The van der Waals surface area contributed by atoms with Gasteiger partial charge in [0.1, 0.15) is 22.3 Å². The molecule has 0 aliphatic carbocycles. The molecule has 4 aromatic rings. The highest BCUT2D eigenvalue weighted by atomic mass is 35.5. The quantitative estimate of drug-likeness (QED) is 0.328. The number of aromatic nitrogens is 1. The molecule has 176 valence electrons. The van der Waals surface area contributed by atoms with E-state index < -0.39 is 17.8 Å². The molecule has 0 saturated carbocycles. The number of aryl methyl sites for hydroxylation is 1. The molecule has 0 aliphatic heterocycles. The van der Waals surface area contributed by atoms with Crippen LogP contribution in [0.5, 0.6) is 0 Å². The van der Waals surface area contributed by atoms with E-state index in [-0.39, 0.29) is 50.0 Å². The Labute approximate surface area is 204 Å². The first-order chi connectivity index (χ1) is 16.6. The van der Waals surface area contributed by atoms with Gasteiger partial charge in [-0.1, -0.05) is 17.7 Å². The van der Waals surface area contributed by atoms with E-state index in [1.165, 1.54) is 24.3 Å². The number of nitriles is 1. The number of aromatic carboxylic acids is 1. The topological polar surface area (TPSA) is 116 Å². The molecule has 0 radical (unpaired) electrons. The zero-order valence-electron chi connectivity index (χ0n) is 18.9. The van der Waals surface area contributed by atoms with Gasteiger partial charge < -0.3 is 14.8 Å². The molecule has 1 atom stereocenters. The first kappa shape index (κ1) is 23.9. The number of halogens is 2. The summed E-state index contributed by atoms with van der Waals surface area (Å²) in [5, 5.41) is 22.0. The first-order valence-electron chi connectivity index (χ1n) is 10.5. The van der Waals surface area contributed by atoms with Crippen LogP contribution in [0.15, 0.2) is 51.7 Å². The summed E-state index contributed by atoms with van der Waals surface area (Å²) < 4.78 is 20.9. The van der Waals surface area contributed by atoms with E-state index in [9.17, 15) is 19.1 Å². The van der Waals surface area contributed by atoms with Crippen LogP contribution in [0, 0.1) is 31.0 Å². The molecule has 2 aromatic carbocycles. The summed E-state index contributed by atoms with van der Waals surface area (Å²) in [6, 6.07) is 11.8. The van der Waals surface area contributed by atoms with E-state index in [0.717, 1.165) is 11.6 Å². The SMILES string of the molecule is Cc1cc([C@@H](C)Nc2ccc(Cl)nc2C(=O)O)c2oc(-c3ccc(C#N)cc3F)c(C)c(=O)c2c1. The standard InChI is InChI=1S/C26H19ClFN3O4/c1-12-8-17(14(3)30-20-6-7-21(27)31-22(20)26(33)34)25-18(9-12)23(32)13(2)24(35-25)16-5-4-15(11-29)10-19(16)28/h4-10,14,30H,1-3H3,(H,33,34)/t14-/m1/s1. The summed E-state index contributed by atoms with van der Waals surface area (Å²) in [6.07, 6.45) is 0. The molecule has 0 aliphatic rings. The maximum atomic E-state index is 14.8. The summed E-state index contributed by atoms with van der Waals surface area (Å²) in [4.78, 5) is 28.8. The number of carboxylic acid groups (broad SMARTS) is 1. The van der Waals surface area contributed by atoms with Crippen molar-refractivity contribution in [3.63, 3.8) is 0 Å². The van der Waals surface area contributed by atoms with Gasteiger partial charge in [-0.25, -0.2) is 14.2 Å². The van der Waals surface area contributed by atoms with Gasteiger partial charge in [0.2, 0.25) is 0 Å².